The highest BCUT2D eigenvalue weighted by atomic mass is 35.5. The van der Waals surface area contributed by atoms with Gasteiger partial charge in [0.15, 0.2) is 17.0 Å². The third kappa shape index (κ3) is 5.01. The van der Waals surface area contributed by atoms with E-state index in [4.69, 9.17) is 28.2 Å². The number of hydrogen-bond acceptors (Lipinski definition) is 6. The molecule has 0 bridgehead atoms. The number of rotatable bonds is 7. The normalized spacial score (nSPS) is 14.4. The molecule has 1 amide bonds. The van der Waals surface area contributed by atoms with Crippen molar-refractivity contribution in [1.29, 1.82) is 0 Å². The predicted molar refractivity (Wildman–Crippen MR) is 143 cm³/mol. The van der Waals surface area contributed by atoms with Crippen LogP contribution in [-0.2, 0) is 4.79 Å². The van der Waals surface area contributed by atoms with Crippen molar-refractivity contribution in [3.8, 4) is 17.1 Å². The molecule has 0 spiro atoms. The highest BCUT2D eigenvalue weighted by molar-refractivity contribution is 6.33. The fourth-order valence-corrected chi connectivity index (χ4v) is 4.89. The van der Waals surface area contributed by atoms with E-state index in [1.54, 1.807) is 18.7 Å². The van der Waals surface area contributed by atoms with Crippen molar-refractivity contribution in [3.63, 3.8) is 0 Å². The summed E-state index contributed by atoms with van der Waals surface area (Å²) in [5.74, 6) is 1.56. The number of piperidine rings is 1. The number of carbonyl (C=O) groups excluding carboxylic acids is 1. The maximum atomic E-state index is 12.2. The molecule has 36 heavy (non-hydrogen) atoms. The number of pyridine rings is 1. The third-order valence-corrected chi connectivity index (χ3v) is 6.99. The first kappa shape index (κ1) is 24.5. The van der Waals surface area contributed by atoms with Gasteiger partial charge in [0.2, 0.25) is 5.91 Å². The molecule has 5 rings (SSSR count). The summed E-state index contributed by atoms with van der Waals surface area (Å²) in [6, 6.07) is 9.55. The summed E-state index contributed by atoms with van der Waals surface area (Å²) in [7, 11) is 0. The van der Waals surface area contributed by atoms with Gasteiger partial charge in [-0.15, -0.1) is 0 Å². The van der Waals surface area contributed by atoms with Crippen LogP contribution in [-0.4, -0.2) is 49.5 Å². The van der Waals surface area contributed by atoms with Gasteiger partial charge in [0, 0.05) is 54.2 Å². The van der Waals surface area contributed by atoms with Crippen LogP contribution in [0.4, 0.5) is 5.82 Å². The summed E-state index contributed by atoms with van der Waals surface area (Å²) in [6.45, 7) is 3.63. The predicted octanol–water partition coefficient (Wildman–Crippen LogP) is 5.46. The van der Waals surface area contributed by atoms with Crippen molar-refractivity contribution < 1.29 is 4.79 Å². The minimum absolute atomic E-state index is 0.139. The lowest BCUT2D eigenvalue weighted by Crippen LogP contribution is -2.45. The van der Waals surface area contributed by atoms with Crippen LogP contribution >= 0.6 is 23.2 Å². The molecule has 4 aromatic rings. The van der Waals surface area contributed by atoms with Crippen LogP contribution in [0.2, 0.25) is 10.0 Å². The number of hydrogen-bond donors (Lipinski definition) is 1. The van der Waals surface area contributed by atoms with E-state index in [1.165, 1.54) is 0 Å². The number of carbonyl (C=O) groups is 1. The molecular weight excluding hydrogens is 497 g/mol. The molecule has 186 valence electrons. The monoisotopic (exact) mass is 523 g/mol. The molecule has 1 N–H and O–H groups in total. The molecule has 1 aliphatic rings. The van der Waals surface area contributed by atoms with Gasteiger partial charge in [-0.25, -0.2) is 15.0 Å². The maximum Gasteiger partial charge on any atom is 0.220 e. The average Bonchev–Trinajstić information content (AvgIpc) is 3.28. The molecule has 0 radical (unpaired) electrons. The van der Waals surface area contributed by atoms with Crippen LogP contribution < -0.4 is 10.2 Å². The van der Waals surface area contributed by atoms with Gasteiger partial charge < -0.3 is 10.2 Å². The minimum Gasteiger partial charge on any atom is -0.355 e. The number of anilines is 1. The van der Waals surface area contributed by atoms with Crippen LogP contribution in [0.15, 0.2) is 49.1 Å². The molecule has 0 saturated carbocycles. The van der Waals surface area contributed by atoms with Crippen molar-refractivity contribution >= 4 is 46.1 Å². The fourth-order valence-electron chi connectivity index (χ4n) is 4.56. The van der Waals surface area contributed by atoms with Crippen molar-refractivity contribution in [2.75, 3.05) is 18.0 Å². The van der Waals surface area contributed by atoms with E-state index in [0.717, 1.165) is 55.8 Å². The fraction of sp³-hybridized carbons (Fsp3) is 0.346. The van der Waals surface area contributed by atoms with E-state index in [9.17, 15) is 4.79 Å². The van der Waals surface area contributed by atoms with E-state index >= 15 is 0 Å². The Labute approximate surface area is 219 Å². The van der Waals surface area contributed by atoms with E-state index in [-0.39, 0.29) is 11.9 Å². The summed E-state index contributed by atoms with van der Waals surface area (Å²) in [6.07, 6.45) is 9.10. The number of nitrogens with one attached hydrogen (secondary N) is 1. The van der Waals surface area contributed by atoms with Gasteiger partial charge in [0.05, 0.1) is 5.02 Å². The SMILES string of the molecule is CCCCC(=O)NC1CCN(c2ncnc3c2nc(-c2ccncc2Cl)n3-c2ccc(Cl)cc2)CC1. The second-order valence-electron chi connectivity index (χ2n) is 8.90. The minimum atomic E-state index is 0.139. The van der Waals surface area contributed by atoms with E-state index in [1.807, 2.05) is 34.9 Å². The standard InChI is InChI=1S/C26H27Cl2N7O/c1-2-3-4-22(36)32-18-10-13-34(14-11-18)25-23-26(31-16-30-25)35(19-7-5-17(27)6-8-19)24(33-23)20-9-12-29-15-21(20)28/h5-9,12,15-16,18H,2-4,10-11,13-14H2,1H3,(H,32,36). The van der Waals surface area contributed by atoms with Gasteiger partial charge in [-0.2, -0.15) is 0 Å². The number of imidazole rings is 1. The molecular formula is C26H27Cl2N7O. The largest absolute Gasteiger partial charge is 0.355 e. The molecule has 1 aliphatic heterocycles. The van der Waals surface area contributed by atoms with Crippen LogP contribution in [0.3, 0.4) is 0 Å². The number of halogens is 2. The number of amides is 1. The van der Waals surface area contributed by atoms with E-state index < -0.39 is 0 Å². The lowest BCUT2D eigenvalue weighted by molar-refractivity contribution is -0.122. The number of benzene rings is 1. The number of unbranched alkanes of at least 4 members (excludes halogenated alkanes) is 1. The molecule has 0 aliphatic carbocycles. The zero-order chi connectivity index (χ0) is 25.1. The van der Waals surface area contributed by atoms with Gasteiger partial charge in [-0.3, -0.25) is 14.3 Å². The summed E-state index contributed by atoms with van der Waals surface area (Å²) in [4.78, 5) is 32.7. The highest BCUT2D eigenvalue weighted by Gasteiger charge is 2.26. The number of aromatic nitrogens is 5. The second-order valence-corrected chi connectivity index (χ2v) is 9.75. The van der Waals surface area contributed by atoms with Crippen LogP contribution in [0, 0.1) is 0 Å². The van der Waals surface area contributed by atoms with E-state index in [0.29, 0.717) is 33.5 Å². The molecule has 1 fully saturated rings. The topological polar surface area (TPSA) is 88.8 Å². The molecule has 0 unspecified atom stereocenters. The molecule has 0 atom stereocenters. The highest BCUT2D eigenvalue weighted by Crippen LogP contribution is 2.35. The smallest absolute Gasteiger partial charge is 0.220 e. The van der Waals surface area contributed by atoms with Crippen LogP contribution in [0.5, 0.6) is 0 Å². The van der Waals surface area contributed by atoms with Crippen LogP contribution in [0.1, 0.15) is 39.0 Å². The Morgan fingerprint density at radius 3 is 2.61 bits per heavy atom. The Hall–Kier alpha value is -3.23. The molecule has 3 aromatic heterocycles. The third-order valence-electron chi connectivity index (χ3n) is 6.44. The zero-order valence-corrected chi connectivity index (χ0v) is 21.5. The maximum absolute atomic E-state index is 12.2. The van der Waals surface area contributed by atoms with Crippen molar-refractivity contribution in [2.45, 2.75) is 45.1 Å². The Morgan fingerprint density at radius 2 is 1.89 bits per heavy atom. The average molecular weight is 524 g/mol. The Bertz CT molecular complexity index is 1360. The summed E-state index contributed by atoms with van der Waals surface area (Å²) >= 11 is 12.7. The lowest BCUT2D eigenvalue weighted by Gasteiger charge is -2.33. The molecule has 8 nitrogen and oxygen atoms in total. The van der Waals surface area contributed by atoms with Gasteiger partial charge in [-0.05, 0) is 49.6 Å². The first-order valence-electron chi connectivity index (χ1n) is 12.2. The van der Waals surface area contributed by atoms with Gasteiger partial charge >= 0.3 is 0 Å². The van der Waals surface area contributed by atoms with Crippen molar-refractivity contribution in [3.05, 3.63) is 59.1 Å². The van der Waals surface area contributed by atoms with Gasteiger partial charge in [0.1, 0.15) is 12.2 Å². The summed E-state index contributed by atoms with van der Waals surface area (Å²) in [5.41, 5.74) is 2.99. The zero-order valence-electron chi connectivity index (χ0n) is 20.0. The second kappa shape index (κ2) is 10.8. The number of nitrogens with zero attached hydrogens (tertiary/aromatic N) is 6. The Balaban J connectivity index is 1.50. The Kier molecular flexibility index (Phi) is 7.34. The Morgan fingerprint density at radius 1 is 1.11 bits per heavy atom. The molecule has 1 aromatic carbocycles. The van der Waals surface area contributed by atoms with Crippen molar-refractivity contribution in [2.24, 2.45) is 0 Å². The lowest BCUT2D eigenvalue weighted by atomic mass is 10.0. The summed E-state index contributed by atoms with van der Waals surface area (Å²) < 4.78 is 1.97. The molecule has 4 heterocycles. The number of fused-ring (bicyclic) bond motifs is 1. The molecule has 10 heteroatoms. The van der Waals surface area contributed by atoms with Gasteiger partial charge in [-0.1, -0.05) is 36.5 Å². The van der Waals surface area contributed by atoms with Crippen molar-refractivity contribution in [1.82, 2.24) is 29.8 Å². The quantitative estimate of drug-likeness (QED) is 0.346. The van der Waals surface area contributed by atoms with Gasteiger partial charge in [0.25, 0.3) is 0 Å². The first-order valence-corrected chi connectivity index (χ1v) is 12.9. The molecule has 1 saturated heterocycles. The first-order chi connectivity index (χ1) is 17.5. The van der Waals surface area contributed by atoms with E-state index in [2.05, 4.69) is 32.1 Å². The summed E-state index contributed by atoms with van der Waals surface area (Å²) in [5, 5.41) is 4.32. The van der Waals surface area contributed by atoms with Crippen LogP contribution in [0.25, 0.3) is 28.2 Å².